The number of thioether (sulfide) groups is 1. The lowest BCUT2D eigenvalue weighted by Gasteiger charge is -2.02. The zero-order chi connectivity index (χ0) is 12.1. The summed E-state index contributed by atoms with van der Waals surface area (Å²) in [7, 11) is 0. The highest BCUT2D eigenvalue weighted by Gasteiger charge is 2.25. The average Bonchev–Trinajstić information content (AvgIpc) is 2.27. The van der Waals surface area contributed by atoms with Gasteiger partial charge in [0.2, 0.25) is 0 Å². The molecule has 84 valence electrons. The third-order valence-electron chi connectivity index (χ3n) is 1.66. The molecule has 0 saturated carbocycles. The van der Waals surface area contributed by atoms with Crippen LogP contribution < -0.4 is 0 Å². The number of rotatable bonds is 4. The van der Waals surface area contributed by atoms with Gasteiger partial charge in [-0.25, -0.2) is 4.79 Å². The van der Waals surface area contributed by atoms with Crippen molar-refractivity contribution in [3.63, 3.8) is 0 Å². The van der Waals surface area contributed by atoms with Crippen LogP contribution in [0.4, 0.5) is 5.69 Å². The second kappa shape index (κ2) is 5.24. The van der Waals surface area contributed by atoms with Crippen molar-refractivity contribution in [3.05, 3.63) is 33.9 Å². The second-order valence-electron chi connectivity index (χ2n) is 2.50. The Labute approximate surface area is 93.1 Å². The number of nitrogens with zero attached hydrogens (tertiary/aromatic N) is 1. The van der Waals surface area contributed by atoms with Crippen molar-refractivity contribution in [3.8, 4) is 0 Å². The molecule has 8 heteroatoms. The van der Waals surface area contributed by atoms with Gasteiger partial charge in [-0.3, -0.25) is 19.8 Å². The Hall–Kier alpha value is -1.93. The summed E-state index contributed by atoms with van der Waals surface area (Å²) in [5.41, 5.74) is -0.589. The number of nitro groups is 1. The van der Waals surface area contributed by atoms with Crippen LogP contribution in [0, 0.1) is 10.1 Å². The van der Waals surface area contributed by atoms with Crippen molar-refractivity contribution in [1.82, 2.24) is 0 Å². The molecule has 0 aliphatic rings. The maximum Gasteiger partial charge on any atom is 0.379 e. The summed E-state index contributed by atoms with van der Waals surface area (Å²) >= 11 is 0.561. The summed E-state index contributed by atoms with van der Waals surface area (Å²) in [5.74, 6) is -1.25. The van der Waals surface area contributed by atoms with E-state index in [1.165, 1.54) is 12.1 Å². The van der Waals surface area contributed by atoms with E-state index in [0.29, 0.717) is 17.4 Å². The minimum Gasteiger partial charge on any atom is -0.295 e. The van der Waals surface area contributed by atoms with Crippen LogP contribution in [0.5, 0.6) is 0 Å². The molecule has 0 bridgehead atoms. The highest BCUT2D eigenvalue weighted by molar-refractivity contribution is 8.12. The molecule has 16 heavy (non-hydrogen) atoms. The van der Waals surface area contributed by atoms with E-state index < -0.39 is 22.1 Å². The van der Waals surface area contributed by atoms with Crippen LogP contribution in [-0.4, -0.2) is 21.8 Å². The molecule has 0 spiro atoms. The molecule has 1 rings (SSSR count). The molecule has 0 heterocycles. The number of nitro benzene ring substituents is 1. The van der Waals surface area contributed by atoms with Gasteiger partial charge in [-0.15, -0.1) is 0 Å². The van der Waals surface area contributed by atoms with Gasteiger partial charge >= 0.3 is 5.97 Å². The Morgan fingerprint density at radius 3 is 2.75 bits per heavy atom. The van der Waals surface area contributed by atoms with Crippen LogP contribution in [0.3, 0.4) is 0 Å². The summed E-state index contributed by atoms with van der Waals surface area (Å²) in [6.45, 7) is 0. The van der Waals surface area contributed by atoms with Crippen molar-refractivity contribution >= 4 is 29.0 Å². The summed E-state index contributed by atoms with van der Waals surface area (Å²) in [6, 6.07) is 3.77. The predicted octanol–water partition coefficient (Wildman–Crippen LogP) is 1.51. The monoisotopic (exact) mass is 243 g/mol. The van der Waals surface area contributed by atoms with Crippen LogP contribution >= 0.6 is 11.8 Å². The fourth-order valence-electron chi connectivity index (χ4n) is 1.07. The topological polar surface area (TPSA) is 107 Å². The van der Waals surface area contributed by atoms with E-state index in [4.69, 9.17) is 5.26 Å². The lowest BCUT2D eigenvalue weighted by Crippen LogP contribution is -2.06. The largest absolute Gasteiger partial charge is 0.379 e. The first kappa shape index (κ1) is 12.1. The molecule has 0 atom stereocenters. The molecule has 0 aliphatic carbocycles. The van der Waals surface area contributed by atoms with E-state index in [-0.39, 0.29) is 4.90 Å². The lowest BCUT2D eigenvalue weighted by molar-refractivity contribution is -0.388. The first-order chi connectivity index (χ1) is 7.61. The Balaban J connectivity index is 3.37. The number of carbonyl (C=O) groups excluding carboxylic acids is 2. The first-order valence-corrected chi connectivity index (χ1v) is 4.73. The molecule has 0 unspecified atom stereocenters. The first-order valence-electron chi connectivity index (χ1n) is 3.85. The van der Waals surface area contributed by atoms with E-state index in [9.17, 15) is 19.7 Å². The van der Waals surface area contributed by atoms with Crippen molar-refractivity contribution < 1.29 is 24.7 Å². The molecule has 0 fully saturated rings. The van der Waals surface area contributed by atoms with Gasteiger partial charge in [-0.05, 0) is 23.9 Å². The van der Waals surface area contributed by atoms with Gasteiger partial charge in [-0.1, -0.05) is 6.07 Å². The summed E-state index contributed by atoms with van der Waals surface area (Å²) in [4.78, 5) is 34.6. The zero-order valence-corrected chi connectivity index (χ0v) is 8.47. The van der Waals surface area contributed by atoms with Crippen LogP contribution in [0.15, 0.2) is 23.1 Å². The zero-order valence-electron chi connectivity index (χ0n) is 7.65. The normalized spacial score (nSPS) is 9.56. The Kier molecular flexibility index (Phi) is 3.97. The molecule has 0 amide bonds. The van der Waals surface area contributed by atoms with Crippen molar-refractivity contribution in [1.29, 1.82) is 0 Å². The Bertz CT molecular complexity index is 446. The number of benzene rings is 1. The SMILES string of the molecule is O=CSc1cccc(C(=O)OO)c1[N+](=O)[O-]. The molecular formula is C8H5NO6S. The molecule has 0 saturated heterocycles. The van der Waals surface area contributed by atoms with Gasteiger partial charge in [0.1, 0.15) is 5.56 Å². The minimum atomic E-state index is -1.25. The van der Waals surface area contributed by atoms with E-state index in [1.807, 2.05) is 0 Å². The molecule has 0 aromatic heterocycles. The highest BCUT2D eigenvalue weighted by atomic mass is 32.2. The fourth-order valence-corrected chi connectivity index (χ4v) is 1.63. The molecule has 1 aromatic carbocycles. The standard InChI is InChI=1S/C8H5NO6S/c10-4-16-6-3-1-2-5(8(11)15-14)7(6)9(12)13/h1-4,14H. The van der Waals surface area contributed by atoms with Crippen LogP contribution in [0.2, 0.25) is 0 Å². The van der Waals surface area contributed by atoms with Gasteiger partial charge < -0.3 is 0 Å². The number of para-hydroxylation sites is 1. The Morgan fingerprint density at radius 2 is 2.25 bits per heavy atom. The van der Waals surface area contributed by atoms with E-state index in [0.717, 1.165) is 6.07 Å². The maximum atomic E-state index is 11.0. The van der Waals surface area contributed by atoms with Gasteiger partial charge in [0.05, 0.1) is 9.82 Å². The Morgan fingerprint density at radius 1 is 1.56 bits per heavy atom. The summed E-state index contributed by atoms with van der Waals surface area (Å²) in [6.07, 6.45) is 0. The molecular weight excluding hydrogens is 238 g/mol. The molecule has 7 nitrogen and oxygen atoms in total. The van der Waals surface area contributed by atoms with Gasteiger partial charge in [0.15, 0.2) is 5.62 Å². The lowest BCUT2D eigenvalue weighted by atomic mass is 10.2. The third kappa shape index (κ3) is 2.35. The van der Waals surface area contributed by atoms with Gasteiger partial charge in [0, 0.05) is 0 Å². The van der Waals surface area contributed by atoms with Crippen molar-refractivity contribution in [2.45, 2.75) is 4.90 Å². The smallest absolute Gasteiger partial charge is 0.295 e. The number of carbonyl (C=O) groups is 2. The van der Waals surface area contributed by atoms with Crippen LogP contribution in [-0.2, 0) is 9.68 Å². The quantitative estimate of drug-likeness (QED) is 0.281. The van der Waals surface area contributed by atoms with Gasteiger partial charge in [0.25, 0.3) is 5.69 Å². The summed E-state index contributed by atoms with van der Waals surface area (Å²) in [5, 5.41) is 18.9. The molecule has 1 N–H and O–H groups in total. The van der Waals surface area contributed by atoms with Crippen molar-refractivity contribution in [2.75, 3.05) is 0 Å². The van der Waals surface area contributed by atoms with E-state index in [2.05, 4.69) is 4.89 Å². The van der Waals surface area contributed by atoms with Crippen LogP contribution in [0.25, 0.3) is 0 Å². The third-order valence-corrected chi connectivity index (χ3v) is 2.34. The minimum absolute atomic E-state index is 0.00269. The molecule has 0 aliphatic heterocycles. The molecule has 0 radical (unpaired) electrons. The predicted molar refractivity (Wildman–Crippen MR) is 53.7 cm³/mol. The fraction of sp³-hybridized carbons (Fsp3) is 0. The maximum absolute atomic E-state index is 11.0. The highest BCUT2D eigenvalue weighted by Crippen LogP contribution is 2.31. The molecule has 1 aromatic rings. The van der Waals surface area contributed by atoms with Gasteiger partial charge in [-0.2, -0.15) is 5.26 Å². The number of hydrogen-bond donors (Lipinski definition) is 1. The van der Waals surface area contributed by atoms with Crippen LogP contribution in [0.1, 0.15) is 10.4 Å². The van der Waals surface area contributed by atoms with E-state index >= 15 is 0 Å². The second-order valence-corrected chi connectivity index (χ2v) is 3.37. The summed E-state index contributed by atoms with van der Waals surface area (Å²) < 4.78 is 0. The van der Waals surface area contributed by atoms with Crippen molar-refractivity contribution in [2.24, 2.45) is 0 Å². The average molecular weight is 243 g/mol. The number of hydrogen-bond acceptors (Lipinski definition) is 7. The van der Waals surface area contributed by atoms with E-state index in [1.54, 1.807) is 0 Å².